The van der Waals surface area contributed by atoms with Crippen molar-refractivity contribution in [3.8, 4) is 0 Å². The largest absolute Gasteiger partial charge is 0.483 e. The number of likely N-dealkylation sites (N-methyl/N-ethyl adjacent to an activating group) is 1. The van der Waals surface area contributed by atoms with Crippen LogP contribution in [0.1, 0.15) is 16.9 Å². The number of amides is 2. The quantitative estimate of drug-likeness (QED) is 0.574. The predicted molar refractivity (Wildman–Crippen MR) is 103 cm³/mol. The van der Waals surface area contributed by atoms with Crippen LogP contribution in [0.4, 0.5) is 5.82 Å². The van der Waals surface area contributed by atoms with Gasteiger partial charge in [-0.25, -0.2) is 4.98 Å². The molecular weight excluding hydrogens is 380 g/mol. The van der Waals surface area contributed by atoms with Crippen molar-refractivity contribution in [1.82, 2.24) is 25.1 Å². The molecule has 2 N–H and O–H groups in total. The number of hydrogen-bond donors (Lipinski definition) is 2. The van der Waals surface area contributed by atoms with Crippen LogP contribution in [-0.2, 0) is 14.3 Å². The van der Waals surface area contributed by atoms with Gasteiger partial charge in [-0.05, 0) is 13.5 Å². The Balaban J connectivity index is 0.000000755. The van der Waals surface area contributed by atoms with Crippen LogP contribution < -0.4 is 10.2 Å². The van der Waals surface area contributed by atoms with Gasteiger partial charge in [0, 0.05) is 39.3 Å². The van der Waals surface area contributed by atoms with Crippen molar-refractivity contribution in [3.63, 3.8) is 0 Å². The Kier molecular flexibility index (Phi) is 6.60. The lowest BCUT2D eigenvalue weighted by molar-refractivity contribution is -0.141. The molecule has 1 atom stereocenters. The monoisotopic (exact) mass is 406 g/mol. The van der Waals surface area contributed by atoms with E-state index in [1.54, 1.807) is 6.20 Å². The number of anilines is 1. The van der Waals surface area contributed by atoms with Crippen LogP contribution in [0.2, 0.25) is 0 Å². The van der Waals surface area contributed by atoms with Gasteiger partial charge < -0.3 is 29.9 Å². The molecule has 4 heterocycles. The summed E-state index contributed by atoms with van der Waals surface area (Å²) in [5, 5.41) is 9.76. The van der Waals surface area contributed by atoms with Crippen LogP contribution in [0.25, 0.3) is 0 Å². The molecule has 0 radical (unpaired) electrons. The van der Waals surface area contributed by atoms with Gasteiger partial charge in [0.25, 0.3) is 12.4 Å². The highest BCUT2D eigenvalue weighted by Crippen LogP contribution is 2.29. The Bertz CT molecular complexity index is 742. The first-order chi connectivity index (χ1) is 14.0. The second kappa shape index (κ2) is 9.14. The third-order valence-electron chi connectivity index (χ3n) is 5.39. The third-order valence-corrected chi connectivity index (χ3v) is 5.39. The van der Waals surface area contributed by atoms with Gasteiger partial charge in [-0.15, -0.1) is 0 Å². The molecule has 2 amide bonds. The van der Waals surface area contributed by atoms with Crippen LogP contribution in [0, 0.1) is 0 Å². The second-order valence-electron chi connectivity index (χ2n) is 7.38. The maximum absolute atomic E-state index is 12.7. The van der Waals surface area contributed by atoms with Crippen molar-refractivity contribution >= 4 is 24.1 Å². The molecule has 158 valence electrons. The van der Waals surface area contributed by atoms with Crippen molar-refractivity contribution in [2.75, 3.05) is 64.4 Å². The number of carboxylic acid groups (broad SMARTS) is 1. The van der Waals surface area contributed by atoms with Crippen LogP contribution in [0.3, 0.4) is 0 Å². The summed E-state index contributed by atoms with van der Waals surface area (Å²) in [7, 11) is 2.06. The summed E-state index contributed by atoms with van der Waals surface area (Å²) < 4.78 is 5.79. The van der Waals surface area contributed by atoms with Crippen molar-refractivity contribution in [3.05, 3.63) is 18.1 Å². The highest BCUT2D eigenvalue weighted by Gasteiger charge is 2.42. The molecule has 1 unspecified atom stereocenters. The van der Waals surface area contributed by atoms with Crippen LogP contribution in [0.5, 0.6) is 0 Å². The minimum Gasteiger partial charge on any atom is -0.483 e. The molecule has 3 fully saturated rings. The molecule has 0 saturated carbocycles. The van der Waals surface area contributed by atoms with Gasteiger partial charge >= 0.3 is 0 Å². The third kappa shape index (κ3) is 4.98. The fourth-order valence-corrected chi connectivity index (χ4v) is 3.67. The van der Waals surface area contributed by atoms with E-state index in [4.69, 9.17) is 14.6 Å². The number of nitrogens with zero attached hydrogens (tertiary/aromatic N) is 5. The lowest BCUT2D eigenvalue weighted by Crippen LogP contribution is -2.53. The van der Waals surface area contributed by atoms with Crippen molar-refractivity contribution in [2.45, 2.75) is 12.0 Å². The number of carbonyl (C=O) groups excluding carboxylic acids is 2. The van der Waals surface area contributed by atoms with Crippen LogP contribution in [-0.4, -0.2) is 108 Å². The highest BCUT2D eigenvalue weighted by molar-refractivity contribution is 5.92. The number of carbonyl (C=O) groups is 3. The first-order valence-electron chi connectivity index (χ1n) is 9.50. The summed E-state index contributed by atoms with van der Waals surface area (Å²) in [6, 6.07) is 0. The Morgan fingerprint density at radius 3 is 2.66 bits per heavy atom. The zero-order chi connectivity index (χ0) is 20.9. The lowest BCUT2D eigenvalue weighted by atomic mass is 10.0. The molecule has 1 aromatic rings. The molecule has 3 aliphatic heterocycles. The Morgan fingerprint density at radius 1 is 1.28 bits per heavy atom. The minimum absolute atomic E-state index is 0.0671. The van der Waals surface area contributed by atoms with Gasteiger partial charge in [0.05, 0.1) is 18.9 Å². The average molecular weight is 406 g/mol. The topological polar surface area (TPSA) is 128 Å². The van der Waals surface area contributed by atoms with E-state index in [2.05, 4.69) is 32.1 Å². The van der Waals surface area contributed by atoms with Gasteiger partial charge in [-0.1, -0.05) is 0 Å². The number of morpholine rings is 1. The maximum Gasteiger partial charge on any atom is 0.290 e. The van der Waals surface area contributed by atoms with E-state index < -0.39 is 0 Å². The van der Waals surface area contributed by atoms with E-state index in [9.17, 15) is 9.59 Å². The van der Waals surface area contributed by atoms with E-state index in [0.29, 0.717) is 37.7 Å². The molecule has 1 spiro atoms. The van der Waals surface area contributed by atoms with Gasteiger partial charge in [-0.2, -0.15) is 0 Å². The highest BCUT2D eigenvalue weighted by atomic mass is 16.5. The summed E-state index contributed by atoms with van der Waals surface area (Å²) in [5.74, 6) is 0.540. The van der Waals surface area contributed by atoms with E-state index >= 15 is 0 Å². The van der Waals surface area contributed by atoms with Crippen molar-refractivity contribution in [2.24, 2.45) is 0 Å². The summed E-state index contributed by atoms with van der Waals surface area (Å²) in [6.45, 7) is 4.91. The predicted octanol–water partition coefficient (Wildman–Crippen LogP) is -1.34. The Labute approximate surface area is 168 Å². The molecule has 29 heavy (non-hydrogen) atoms. The minimum atomic E-state index is -0.368. The fraction of sp³-hybridized carbons (Fsp3) is 0.611. The van der Waals surface area contributed by atoms with Gasteiger partial charge in [0.15, 0.2) is 0 Å². The molecule has 0 bridgehead atoms. The molecule has 11 heteroatoms. The zero-order valence-electron chi connectivity index (χ0n) is 16.4. The van der Waals surface area contributed by atoms with Gasteiger partial charge in [-0.3, -0.25) is 19.4 Å². The summed E-state index contributed by atoms with van der Waals surface area (Å²) >= 11 is 0. The molecular formula is C18H26N6O5. The first-order valence-corrected chi connectivity index (χ1v) is 9.50. The van der Waals surface area contributed by atoms with Crippen molar-refractivity contribution < 1.29 is 24.2 Å². The normalized spacial score (nSPS) is 24.7. The van der Waals surface area contributed by atoms with Crippen LogP contribution in [0.15, 0.2) is 12.4 Å². The number of aromatic nitrogens is 2. The SMILES string of the molecule is CN1CCN(C(=O)c2cncc(N3CCC4(CNC(=O)CO4)C3)n2)CC1.O=CO. The van der Waals surface area contributed by atoms with Crippen LogP contribution >= 0.6 is 0 Å². The lowest BCUT2D eigenvalue weighted by Gasteiger charge is -2.33. The first kappa shape index (κ1) is 20.9. The Hall–Kier alpha value is -2.79. The molecule has 3 saturated heterocycles. The summed E-state index contributed by atoms with van der Waals surface area (Å²) in [4.78, 5) is 47.3. The van der Waals surface area contributed by atoms with E-state index in [-0.39, 0.29) is 30.5 Å². The molecule has 11 nitrogen and oxygen atoms in total. The average Bonchev–Trinajstić information content (AvgIpc) is 3.15. The summed E-state index contributed by atoms with van der Waals surface area (Å²) in [6.07, 6.45) is 4.03. The summed E-state index contributed by atoms with van der Waals surface area (Å²) in [5.41, 5.74) is 0.0124. The molecule has 1 aromatic heterocycles. The number of nitrogens with one attached hydrogen (secondary N) is 1. The molecule has 0 aliphatic carbocycles. The number of piperazine rings is 1. The van der Waals surface area contributed by atoms with E-state index in [1.807, 2.05) is 4.90 Å². The van der Waals surface area contributed by atoms with E-state index in [0.717, 1.165) is 26.1 Å². The second-order valence-corrected chi connectivity index (χ2v) is 7.38. The van der Waals surface area contributed by atoms with Gasteiger partial charge in [0.1, 0.15) is 23.7 Å². The number of ether oxygens (including phenoxy) is 1. The Morgan fingerprint density at radius 2 is 2.00 bits per heavy atom. The van der Waals surface area contributed by atoms with E-state index in [1.165, 1.54) is 6.20 Å². The van der Waals surface area contributed by atoms with Gasteiger partial charge in [0.2, 0.25) is 5.91 Å². The fourth-order valence-electron chi connectivity index (χ4n) is 3.67. The maximum atomic E-state index is 12.7. The number of hydrogen-bond acceptors (Lipinski definition) is 8. The standard InChI is InChI=1S/C17H24N6O3.CH2O2/c1-21-4-6-22(7-5-21)16(25)13-8-18-9-14(20-13)23-3-2-17(12-23)11-19-15(24)10-26-17;2-1-3/h8-9H,2-7,10-12H2,1H3,(H,19,24);1H,(H,2,3). The zero-order valence-corrected chi connectivity index (χ0v) is 16.4. The number of rotatable bonds is 2. The van der Waals surface area contributed by atoms with Crippen molar-refractivity contribution in [1.29, 1.82) is 0 Å². The molecule has 3 aliphatic rings. The molecule has 4 rings (SSSR count). The smallest absolute Gasteiger partial charge is 0.290 e. The molecule has 0 aromatic carbocycles.